The number of rotatable bonds is 4. The molecule has 2 saturated carbocycles. The molecule has 2 unspecified atom stereocenters. The molecule has 5 heterocycles. The van der Waals surface area contributed by atoms with Crippen LogP contribution in [0.15, 0.2) is 48.9 Å². The van der Waals surface area contributed by atoms with Crippen molar-refractivity contribution in [2.45, 2.75) is 56.9 Å². The van der Waals surface area contributed by atoms with E-state index in [-0.39, 0.29) is 0 Å². The van der Waals surface area contributed by atoms with Gasteiger partial charge >= 0.3 is 0 Å². The normalized spacial score (nSPS) is 21.1. The molecule has 0 spiro atoms. The van der Waals surface area contributed by atoms with Crippen LogP contribution in [0.1, 0.15) is 56.4 Å². The van der Waals surface area contributed by atoms with Gasteiger partial charge in [0.05, 0.1) is 11.7 Å². The van der Waals surface area contributed by atoms with Crippen molar-refractivity contribution < 1.29 is 0 Å². The third kappa shape index (κ3) is 3.99. The summed E-state index contributed by atoms with van der Waals surface area (Å²) in [6.45, 7) is 1.06. The SMILES string of the molecule is Clc1ccc(Cl)c(-c2cc3c(-c4nc(N5CCC6CCCCC65)c5c(C6CC6)cncc5n4)ccnc3[nH]2)c1. The maximum Gasteiger partial charge on any atom is 0.163 e. The molecule has 4 aromatic heterocycles. The monoisotopic (exact) mass is 554 g/mol. The molecule has 2 aliphatic carbocycles. The average molecular weight is 556 g/mol. The number of nitrogens with one attached hydrogen (secondary N) is 1. The molecule has 196 valence electrons. The standard InChI is InChI=1S/C31H28Cl2N6/c32-19-7-8-24(33)22(13-19)25-14-21-20(9-11-35-29(21)36-25)30-37-26-16-34-15-23(17-5-6-17)28(26)31(38-30)39-12-10-18-3-1-2-4-27(18)39/h7-9,11,13-18,27H,1-6,10,12H2,(H,35,36). The molecule has 1 N–H and O–H groups in total. The predicted octanol–water partition coefficient (Wildman–Crippen LogP) is 8.19. The largest absolute Gasteiger partial charge is 0.353 e. The number of hydrogen-bond donors (Lipinski definition) is 1. The molecule has 0 bridgehead atoms. The minimum absolute atomic E-state index is 0.561. The molecule has 1 aromatic carbocycles. The van der Waals surface area contributed by atoms with Crippen LogP contribution in [-0.2, 0) is 0 Å². The zero-order valence-corrected chi connectivity index (χ0v) is 23.0. The highest BCUT2D eigenvalue weighted by atomic mass is 35.5. The maximum absolute atomic E-state index is 6.54. The Morgan fingerprint density at radius 1 is 0.897 bits per heavy atom. The van der Waals surface area contributed by atoms with Crippen LogP contribution < -0.4 is 4.90 Å². The Balaban J connectivity index is 1.32. The third-order valence-electron chi connectivity index (χ3n) is 8.91. The lowest BCUT2D eigenvalue weighted by atomic mass is 9.85. The number of halogens is 2. The lowest BCUT2D eigenvalue weighted by molar-refractivity contribution is 0.341. The van der Waals surface area contributed by atoms with Gasteiger partial charge in [0, 0.05) is 62.6 Å². The van der Waals surface area contributed by atoms with Crippen molar-refractivity contribution in [3.8, 4) is 22.6 Å². The van der Waals surface area contributed by atoms with Gasteiger partial charge in [-0.05, 0) is 79.8 Å². The summed E-state index contributed by atoms with van der Waals surface area (Å²) in [5.74, 6) is 3.14. The molecule has 3 fully saturated rings. The molecular formula is C31H28Cl2N6. The van der Waals surface area contributed by atoms with E-state index in [4.69, 9.17) is 33.2 Å². The number of aromatic amines is 1. The summed E-state index contributed by atoms with van der Waals surface area (Å²) in [5, 5.41) is 3.42. The molecule has 8 heteroatoms. The Morgan fingerprint density at radius 3 is 2.69 bits per heavy atom. The summed E-state index contributed by atoms with van der Waals surface area (Å²) in [5.41, 5.74) is 5.65. The van der Waals surface area contributed by atoms with Crippen LogP contribution in [0.3, 0.4) is 0 Å². The van der Waals surface area contributed by atoms with Crippen molar-refractivity contribution >= 4 is 51.0 Å². The van der Waals surface area contributed by atoms with Gasteiger partial charge in [0.1, 0.15) is 11.5 Å². The minimum Gasteiger partial charge on any atom is -0.353 e. The van der Waals surface area contributed by atoms with Gasteiger partial charge in [0.25, 0.3) is 0 Å². The molecule has 6 nitrogen and oxygen atoms in total. The first kappa shape index (κ1) is 23.6. The third-order valence-corrected chi connectivity index (χ3v) is 9.47. The number of anilines is 1. The Labute approximate surface area is 236 Å². The van der Waals surface area contributed by atoms with E-state index in [1.165, 1.54) is 55.9 Å². The van der Waals surface area contributed by atoms with E-state index in [0.717, 1.165) is 51.7 Å². The van der Waals surface area contributed by atoms with Gasteiger partial charge < -0.3 is 9.88 Å². The average Bonchev–Trinajstić information content (AvgIpc) is 3.57. The van der Waals surface area contributed by atoms with Crippen molar-refractivity contribution in [2.24, 2.45) is 5.92 Å². The number of benzene rings is 1. The lowest BCUT2D eigenvalue weighted by Crippen LogP contribution is -2.35. The van der Waals surface area contributed by atoms with E-state index in [1.54, 1.807) is 6.07 Å². The highest BCUT2D eigenvalue weighted by Crippen LogP contribution is 2.47. The number of fused-ring (bicyclic) bond motifs is 3. The van der Waals surface area contributed by atoms with E-state index in [2.05, 4.69) is 32.1 Å². The molecule has 3 aliphatic rings. The minimum atomic E-state index is 0.561. The van der Waals surface area contributed by atoms with E-state index in [9.17, 15) is 0 Å². The van der Waals surface area contributed by atoms with Crippen molar-refractivity contribution in [1.82, 2.24) is 24.9 Å². The lowest BCUT2D eigenvalue weighted by Gasteiger charge is -2.33. The summed E-state index contributed by atoms with van der Waals surface area (Å²) in [4.78, 5) is 25.8. The molecule has 2 atom stereocenters. The van der Waals surface area contributed by atoms with Gasteiger partial charge in [0.15, 0.2) is 5.82 Å². The fourth-order valence-electron chi connectivity index (χ4n) is 6.86. The first-order chi connectivity index (χ1) is 19.1. The first-order valence-electron chi connectivity index (χ1n) is 14.0. The number of aromatic nitrogens is 5. The number of H-pyrrole nitrogens is 1. The Kier molecular flexibility index (Phi) is 5.56. The fraction of sp³-hybridized carbons (Fsp3) is 0.355. The van der Waals surface area contributed by atoms with E-state index < -0.39 is 0 Å². The van der Waals surface area contributed by atoms with E-state index in [0.29, 0.717) is 27.8 Å². The van der Waals surface area contributed by atoms with Gasteiger partial charge in [-0.1, -0.05) is 36.0 Å². The van der Waals surface area contributed by atoms with Crippen molar-refractivity contribution in [2.75, 3.05) is 11.4 Å². The molecular weight excluding hydrogens is 527 g/mol. The molecule has 5 aromatic rings. The Bertz CT molecular complexity index is 1740. The highest BCUT2D eigenvalue weighted by molar-refractivity contribution is 6.35. The van der Waals surface area contributed by atoms with Crippen molar-refractivity contribution in [3.05, 3.63) is 64.5 Å². The van der Waals surface area contributed by atoms with Crippen molar-refractivity contribution in [1.29, 1.82) is 0 Å². The Morgan fingerprint density at radius 2 is 1.79 bits per heavy atom. The summed E-state index contributed by atoms with van der Waals surface area (Å²) in [6.07, 6.45) is 14.7. The van der Waals surface area contributed by atoms with Crippen LogP contribution >= 0.6 is 23.2 Å². The van der Waals surface area contributed by atoms with Crippen LogP contribution in [-0.4, -0.2) is 37.5 Å². The number of pyridine rings is 2. The van der Waals surface area contributed by atoms with Crippen LogP contribution in [0, 0.1) is 5.92 Å². The summed E-state index contributed by atoms with van der Waals surface area (Å²) in [6, 6.07) is 10.1. The van der Waals surface area contributed by atoms with Gasteiger partial charge in [-0.2, -0.15) is 0 Å². The second-order valence-corrected chi connectivity index (χ2v) is 12.1. The summed E-state index contributed by atoms with van der Waals surface area (Å²) >= 11 is 12.8. The zero-order valence-electron chi connectivity index (χ0n) is 21.5. The fourth-order valence-corrected chi connectivity index (χ4v) is 7.25. The van der Waals surface area contributed by atoms with Crippen molar-refractivity contribution in [3.63, 3.8) is 0 Å². The van der Waals surface area contributed by atoms with Crippen LogP contribution in [0.4, 0.5) is 5.82 Å². The zero-order chi connectivity index (χ0) is 26.1. The summed E-state index contributed by atoms with van der Waals surface area (Å²) in [7, 11) is 0. The predicted molar refractivity (Wildman–Crippen MR) is 158 cm³/mol. The molecule has 0 amide bonds. The van der Waals surface area contributed by atoms with E-state index in [1.807, 2.05) is 30.6 Å². The first-order valence-corrected chi connectivity index (χ1v) is 14.8. The van der Waals surface area contributed by atoms with Gasteiger partial charge in [-0.3, -0.25) is 4.98 Å². The molecule has 1 saturated heterocycles. The molecule has 39 heavy (non-hydrogen) atoms. The van der Waals surface area contributed by atoms with Gasteiger partial charge in [-0.15, -0.1) is 0 Å². The smallest absolute Gasteiger partial charge is 0.163 e. The molecule has 8 rings (SSSR count). The summed E-state index contributed by atoms with van der Waals surface area (Å²) < 4.78 is 0. The molecule has 0 radical (unpaired) electrons. The van der Waals surface area contributed by atoms with Crippen LogP contribution in [0.5, 0.6) is 0 Å². The molecule has 1 aliphatic heterocycles. The number of hydrogen-bond acceptors (Lipinski definition) is 5. The Hall–Kier alpha value is -3.22. The van der Waals surface area contributed by atoms with Crippen LogP contribution in [0.2, 0.25) is 10.0 Å². The quantitative estimate of drug-likeness (QED) is 0.242. The second kappa shape index (κ2) is 9.17. The second-order valence-electron chi connectivity index (χ2n) is 11.3. The van der Waals surface area contributed by atoms with E-state index >= 15 is 0 Å². The van der Waals surface area contributed by atoms with Gasteiger partial charge in [-0.25, -0.2) is 15.0 Å². The van der Waals surface area contributed by atoms with Gasteiger partial charge in [0.2, 0.25) is 0 Å². The maximum atomic E-state index is 6.54. The highest BCUT2D eigenvalue weighted by Gasteiger charge is 2.38. The number of nitrogens with zero attached hydrogens (tertiary/aromatic N) is 5. The van der Waals surface area contributed by atoms with Crippen LogP contribution in [0.25, 0.3) is 44.6 Å². The topological polar surface area (TPSA) is 70.6 Å².